The summed E-state index contributed by atoms with van der Waals surface area (Å²) >= 11 is 0. The molecule has 0 aliphatic carbocycles. The number of carbonyl (C=O) groups is 2. The molecule has 3 rings (SSSR count). The van der Waals surface area contributed by atoms with Crippen LogP contribution in [0.4, 0.5) is 5.69 Å². The van der Waals surface area contributed by atoms with E-state index in [1.807, 2.05) is 55.5 Å². The number of hydrogen-bond acceptors (Lipinski definition) is 3. The molecule has 2 aromatic rings. The van der Waals surface area contributed by atoms with E-state index in [4.69, 9.17) is 4.43 Å². The first kappa shape index (κ1) is 20.3. The molecule has 1 amide bonds. The second kappa shape index (κ2) is 7.21. The molecule has 148 valence electrons. The number of benzene rings is 2. The first-order valence-electron chi connectivity index (χ1n) is 9.74. The second-order valence-corrected chi connectivity index (χ2v) is 13.8. The molecule has 1 heterocycles. The molecule has 2 aromatic carbocycles. The number of nitrogens with zero attached hydrogens (tertiary/aromatic N) is 1. The van der Waals surface area contributed by atoms with E-state index in [0.29, 0.717) is 6.54 Å². The highest BCUT2D eigenvalue weighted by Crippen LogP contribution is 2.38. The topological polar surface area (TPSA) is 46.6 Å². The molecule has 0 N–H and O–H groups in total. The van der Waals surface area contributed by atoms with Crippen LogP contribution in [-0.2, 0) is 15.8 Å². The summed E-state index contributed by atoms with van der Waals surface area (Å²) < 4.78 is 5.94. The van der Waals surface area contributed by atoms with Gasteiger partial charge < -0.3 is 9.33 Å². The van der Waals surface area contributed by atoms with E-state index in [2.05, 4.69) is 33.9 Å². The SMILES string of the molecule is CC(C(=O)O[Si](C)(C)C(C)(C)C)c1ccc(N2Cc3ccccc3C2=O)cc1. The molecule has 0 aromatic heterocycles. The Hall–Kier alpha value is -2.40. The fourth-order valence-electron chi connectivity index (χ4n) is 3.03. The molecule has 1 atom stereocenters. The maximum absolute atomic E-state index is 12.7. The lowest BCUT2D eigenvalue weighted by atomic mass is 10.0. The van der Waals surface area contributed by atoms with E-state index in [1.54, 1.807) is 4.90 Å². The Morgan fingerprint density at radius 2 is 1.68 bits per heavy atom. The van der Waals surface area contributed by atoms with E-state index in [9.17, 15) is 9.59 Å². The Kier molecular flexibility index (Phi) is 5.23. The number of rotatable bonds is 4. The molecule has 5 heteroatoms. The van der Waals surface area contributed by atoms with Crippen LogP contribution in [0.25, 0.3) is 0 Å². The Morgan fingerprint density at radius 1 is 1.07 bits per heavy atom. The van der Waals surface area contributed by atoms with Crippen LogP contribution in [-0.4, -0.2) is 20.2 Å². The average Bonchev–Trinajstić information content (AvgIpc) is 2.97. The van der Waals surface area contributed by atoms with Gasteiger partial charge in [-0.05, 0) is 54.4 Å². The van der Waals surface area contributed by atoms with Gasteiger partial charge in [0.1, 0.15) is 0 Å². The van der Waals surface area contributed by atoms with Crippen LogP contribution in [0.15, 0.2) is 48.5 Å². The first-order chi connectivity index (χ1) is 13.0. The summed E-state index contributed by atoms with van der Waals surface area (Å²) in [6, 6.07) is 15.4. The van der Waals surface area contributed by atoms with Gasteiger partial charge in [-0.3, -0.25) is 9.59 Å². The number of anilines is 1. The van der Waals surface area contributed by atoms with Crippen molar-refractivity contribution in [3.8, 4) is 0 Å². The third-order valence-corrected chi connectivity index (χ3v) is 10.4. The number of fused-ring (bicyclic) bond motifs is 1. The highest BCUT2D eigenvalue weighted by molar-refractivity contribution is 6.75. The quantitative estimate of drug-likeness (QED) is 0.642. The van der Waals surface area contributed by atoms with Crippen molar-refractivity contribution in [2.45, 2.75) is 58.3 Å². The zero-order valence-corrected chi connectivity index (χ0v) is 18.6. The lowest BCUT2D eigenvalue weighted by Gasteiger charge is -2.36. The molecule has 0 spiro atoms. The predicted molar refractivity (Wildman–Crippen MR) is 115 cm³/mol. The van der Waals surface area contributed by atoms with Crippen LogP contribution in [0.2, 0.25) is 18.1 Å². The Balaban J connectivity index is 1.73. The summed E-state index contributed by atoms with van der Waals surface area (Å²) in [4.78, 5) is 27.1. The maximum Gasteiger partial charge on any atom is 0.299 e. The summed E-state index contributed by atoms with van der Waals surface area (Å²) in [5.74, 6) is -0.493. The molecule has 0 fully saturated rings. The standard InChI is InChI=1S/C23H29NO3Si/c1-16(22(26)27-28(5,6)23(2,3)4)17-11-13-19(14-12-17)24-15-18-9-7-8-10-20(18)21(24)25/h7-14,16H,15H2,1-6H3. The fraction of sp³-hybridized carbons (Fsp3) is 0.391. The lowest BCUT2D eigenvalue weighted by molar-refractivity contribution is -0.136. The van der Waals surface area contributed by atoms with Gasteiger partial charge in [0.25, 0.3) is 20.2 Å². The highest BCUT2D eigenvalue weighted by atomic mass is 28.4. The molecular weight excluding hydrogens is 366 g/mol. The third-order valence-electron chi connectivity index (χ3n) is 6.04. The van der Waals surface area contributed by atoms with Gasteiger partial charge in [-0.15, -0.1) is 0 Å². The van der Waals surface area contributed by atoms with Crippen LogP contribution in [0.5, 0.6) is 0 Å². The third kappa shape index (κ3) is 3.76. The lowest BCUT2D eigenvalue weighted by Crippen LogP contribution is -2.43. The van der Waals surface area contributed by atoms with Crippen molar-refractivity contribution in [1.29, 1.82) is 0 Å². The maximum atomic E-state index is 12.7. The zero-order valence-electron chi connectivity index (χ0n) is 17.6. The van der Waals surface area contributed by atoms with Crippen LogP contribution in [0, 0.1) is 0 Å². The van der Waals surface area contributed by atoms with E-state index in [1.165, 1.54) is 0 Å². The average molecular weight is 396 g/mol. The van der Waals surface area contributed by atoms with Gasteiger partial charge in [-0.25, -0.2) is 0 Å². The normalized spacial score (nSPS) is 15.4. The highest BCUT2D eigenvalue weighted by Gasteiger charge is 2.41. The summed E-state index contributed by atoms with van der Waals surface area (Å²) in [6.07, 6.45) is 0. The van der Waals surface area contributed by atoms with Gasteiger partial charge >= 0.3 is 0 Å². The number of amides is 1. The van der Waals surface area contributed by atoms with Gasteiger partial charge in [0.2, 0.25) is 0 Å². The van der Waals surface area contributed by atoms with E-state index in [-0.39, 0.29) is 22.8 Å². The van der Waals surface area contributed by atoms with Crippen LogP contribution < -0.4 is 4.90 Å². The van der Waals surface area contributed by atoms with Crippen molar-refractivity contribution < 1.29 is 14.0 Å². The molecule has 1 unspecified atom stereocenters. The zero-order chi connectivity index (χ0) is 20.7. The Morgan fingerprint density at radius 3 is 2.25 bits per heavy atom. The summed E-state index contributed by atoms with van der Waals surface area (Å²) in [5.41, 5.74) is 3.55. The molecular formula is C23H29NO3Si. The van der Waals surface area contributed by atoms with Crippen LogP contribution in [0.1, 0.15) is 55.1 Å². The monoisotopic (exact) mass is 395 g/mol. The van der Waals surface area contributed by atoms with Crippen molar-refractivity contribution in [1.82, 2.24) is 0 Å². The minimum atomic E-state index is -2.14. The minimum Gasteiger partial charge on any atom is -0.519 e. The van der Waals surface area contributed by atoms with Gasteiger partial charge in [0, 0.05) is 11.3 Å². The van der Waals surface area contributed by atoms with E-state index < -0.39 is 8.32 Å². The summed E-state index contributed by atoms with van der Waals surface area (Å²) in [6.45, 7) is 13.0. The van der Waals surface area contributed by atoms with E-state index in [0.717, 1.165) is 22.4 Å². The fourth-order valence-corrected chi connectivity index (χ4v) is 4.02. The van der Waals surface area contributed by atoms with Crippen molar-refractivity contribution in [3.63, 3.8) is 0 Å². The first-order valence-corrected chi connectivity index (χ1v) is 12.6. The Bertz CT molecular complexity index is 897. The predicted octanol–water partition coefficient (Wildman–Crippen LogP) is 5.50. The molecule has 1 aliphatic rings. The van der Waals surface area contributed by atoms with Gasteiger partial charge in [-0.1, -0.05) is 51.1 Å². The number of carbonyl (C=O) groups excluding carboxylic acids is 2. The van der Waals surface area contributed by atoms with Crippen molar-refractivity contribution >= 4 is 25.9 Å². The minimum absolute atomic E-state index is 0.0165. The molecule has 0 radical (unpaired) electrons. The van der Waals surface area contributed by atoms with E-state index >= 15 is 0 Å². The second-order valence-electron chi connectivity index (χ2n) is 9.04. The van der Waals surface area contributed by atoms with Crippen molar-refractivity contribution in [2.75, 3.05) is 4.90 Å². The van der Waals surface area contributed by atoms with Crippen LogP contribution >= 0.6 is 0 Å². The van der Waals surface area contributed by atoms with Gasteiger partial charge in [-0.2, -0.15) is 0 Å². The van der Waals surface area contributed by atoms with Gasteiger partial charge in [0.05, 0.1) is 12.5 Å². The molecule has 4 nitrogen and oxygen atoms in total. The van der Waals surface area contributed by atoms with Gasteiger partial charge in [0.15, 0.2) is 0 Å². The smallest absolute Gasteiger partial charge is 0.299 e. The largest absolute Gasteiger partial charge is 0.519 e. The Labute approximate surface area is 168 Å². The number of hydrogen-bond donors (Lipinski definition) is 0. The van der Waals surface area contributed by atoms with Crippen molar-refractivity contribution in [3.05, 3.63) is 65.2 Å². The van der Waals surface area contributed by atoms with Crippen molar-refractivity contribution in [2.24, 2.45) is 0 Å². The molecule has 0 bridgehead atoms. The summed E-state index contributed by atoms with van der Waals surface area (Å²) in [5, 5.41) is -0.0165. The summed E-state index contributed by atoms with van der Waals surface area (Å²) in [7, 11) is -2.14. The molecule has 28 heavy (non-hydrogen) atoms. The molecule has 1 aliphatic heterocycles. The van der Waals surface area contributed by atoms with Crippen LogP contribution in [0.3, 0.4) is 0 Å². The molecule has 0 saturated carbocycles. The molecule has 0 saturated heterocycles.